The molecule has 0 bridgehead atoms. The van der Waals surface area contributed by atoms with Gasteiger partial charge in [-0.05, 0) is 17.7 Å². The van der Waals surface area contributed by atoms with Crippen LogP contribution in [-0.2, 0) is 13.9 Å². The van der Waals surface area contributed by atoms with Gasteiger partial charge in [-0.15, -0.1) is 0 Å². The van der Waals surface area contributed by atoms with E-state index in [1.807, 2.05) is 0 Å². The molecule has 0 rings (SSSR count). The Labute approximate surface area is 118 Å². The molecular formula is C3H4Na2O5S2. The molecule has 0 saturated heterocycles. The summed E-state index contributed by atoms with van der Waals surface area (Å²) in [4.78, 5) is 9.84. The van der Waals surface area contributed by atoms with Crippen LogP contribution in [0.1, 0.15) is 6.92 Å². The molecule has 0 N–H and O–H groups in total. The summed E-state index contributed by atoms with van der Waals surface area (Å²) in [5, 5.41) is 8.52. The maximum atomic E-state index is 9.86. The van der Waals surface area contributed by atoms with Crippen molar-refractivity contribution in [2.24, 2.45) is 0 Å². The van der Waals surface area contributed by atoms with E-state index >= 15 is 0 Å². The van der Waals surface area contributed by atoms with Crippen molar-refractivity contribution in [3.63, 3.8) is 0 Å². The molecule has 0 aromatic rings. The molecule has 0 radical (unpaired) electrons. The minimum atomic E-state index is -4.52. The summed E-state index contributed by atoms with van der Waals surface area (Å²) < 4.78 is 29.6. The first-order chi connectivity index (χ1) is 4.33. The first kappa shape index (κ1) is 19.3. The Morgan fingerprint density at radius 2 is 1.75 bits per heavy atom. The zero-order valence-electron chi connectivity index (χ0n) is 6.94. The van der Waals surface area contributed by atoms with Gasteiger partial charge in [-0.1, -0.05) is 0 Å². The zero-order valence-corrected chi connectivity index (χ0v) is 12.6. The van der Waals surface area contributed by atoms with Gasteiger partial charge in [-0.2, -0.15) is 0 Å². The number of rotatable bonds is 3. The van der Waals surface area contributed by atoms with Crippen LogP contribution in [0.4, 0.5) is 0 Å². The van der Waals surface area contributed by atoms with Gasteiger partial charge in [0.25, 0.3) is 0 Å². The summed E-state index contributed by atoms with van der Waals surface area (Å²) in [7, 11) is -4.70. The largest absolute Gasteiger partial charge is 1.00 e. The average Bonchev–Trinajstić information content (AvgIpc) is 1.60. The molecule has 0 amide bonds. The molecule has 1 unspecified atom stereocenters. The van der Waals surface area contributed by atoms with E-state index in [1.54, 1.807) is 0 Å². The summed E-state index contributed by atoms with van der Waals surface area (Å²) in [5.74, 6) is -1.57. The van der Waals surface area contributed by atoms with Crippen molar-refractivity contribution in [3.8, 4) is 0 Å². The van der Waals surface area contributed by atoms with E-state index in [0.717, 1.165) is 6.92 Å². The van der Waals surface area contributed by atoms with Crippen LogP contribution in [0.2, 0.25) is 0 Å². The number of carboxylic acid groups (broad SMARTS) is 1. The number of hydrogen-bond acceptors (Lipinski definition) is 6. The molecule has 0 aliphatic rings. The maximum Gasteiger partial charge on any atom is 1.00 e. The molecule has 0 aliphatic heterocycles. The Morgan fingerprint density at radius 3 is 1.83 bits per heavy atom. The third kappa shape index (κ3) is 11.7. The van der Waals surface area contributed by atoms with Gasteiger partial charge < -0.3 is 14.5 Å². The predicted molar refractivity (Wildman–Crippen MR) is 31.8 cm³/mol. The third-order valence-electron chi connectivity index (χ3n) is 0.594. The van der Waals surface area contributed by atoms with Crippen molar-refractivity contribution in [1.29, 1.82) is 0 Å². The van der Waals surface area contributed by atoms with Crippen molar-refractivity contribution in [3.05, 3.63) is 0 Å². The molecule has 0 aromatic carbocycles. The van der Waals surface area contributed by atoms with Crippen LogP contribution in [-0.4, -0.2) is 24.2 Å². The van der Waals surface area contributed by atoms with Crippen molar-refractivity contribution in [2.75, 3.05) is 0 Å². The van der Waals surface area contributed by atoms with Crippen molar-refractivity contribution in [1.82, 2.24) is 0 Å². The van der Waals surface area contributed by atoms with Crippen molar-refractivity contribution >= 4 is 25.9 Å². The van der Waals surface area contributed by atoms with Gasteiger partial charge in [-0.25, -0.2) is 8.42 Å². The minimum absolute atomic E-state index is 0. The fourth-order valence-electron chi connectivity index (χ4n) is 0.216. The third-order valence-corrected chi connectivity index (χ3v) is 2.88. The van der Waals surface area contributed by atoms with Crippen molar-refractivity contribution in [2.45, 2.75) is 12.2 Å². The monoisotopic (exact) mass is 230 g/mol. The molecule has 60 valence electrons. The Bertz CT molecular complexity index is 225. The van der Waals surface area contributed by atoms with Gasteiger partial charge >= 0.3 is 59.1 Å². The molecule has 5 nitrogen and oxygen atoms in total. The Hall–Kier alpha value is 1.73. The van der Waals surface area contributed by atoms with Gasteiger partial charge in [0.05, 0.1) is 11.2 Å². The van der Waals surface area contributed by atoms with E-state index in [4.69, 9.17) is 0 Å². The smallest absolute Gasteiger partial charge is 0.739 e. The summed E-state index contributed by atoms with van der Waals surface area (Å²) in [6.45, 7) is 1.06. The minimum Gasteiger partial charge on any atom is -0.739 e. The van der Waals surface area contributed by atoms with E-state index in [1.165, 1.54) is 0 Å². The van der Waals surface area contributed by atoms with Crippen molar-refractivity contribution < 1.29 is 82.0 Å². The number of aliphatic carboxylic acids is 1. The standard InChI is InChI=1S/C3H6O5S2.2Na/c1-2(3(4)5)9-10(6,7)8;;/h2H,1H3,(H,4,5)(H,6,7,8);;/q;2*+1/p-2. The second kappa shape index (κ2) is 8.07. The first-order valence-corrected chi connectivity index (χ1v) is 4.98. The van der Waals surface area contributed by atoms with Gasteiger partial charge in [0.2, 0.25) is 0 Å². The van der Waals surface area contributed by atoms with Crippen LogP contribution in [0.3, 0.4) is 0 Å². The maximum absolute atomic E-state index is 9.86. The second-order valence-electron chi connectivity index (χ2n) is 1.47. The van der Waals surface area contributed by atoms with E-state index < -0.39 is 20.4 Å². The molecule has 0 spiro atoms. The number of carboxylic acids is 1. The van der Waals surface area contributed by atoms with Crippen LogP contribution < -0.4 is 64.2 Å². The van der Waals surface area contributed by atoms with E-state index in [9.17, 15) is 22.9 Å². The quantitative estimate of drug-likeness (QED) is 0.271. The summed E-state index contributed by atoms with van der Waals surface area (Å²) in [5.41, 5.74) is 0. The zero-order chi connectivity index (χ0) is 8.36. The first-order valence-electron chi connectivity index (χ1n) is 2.18. The van der Waals surface area contributed by atoms with Gasteiger partial charge in [-0.3, -0.25) is 0 Å². The van der Waals surface area contributed by atoms with E-state index in [-0.39, 0.29) is 69.9 Å². The molecular weight excluding hydrogens is 226 g/mol. The summed E-state index contributed by atoms with van der Waals surface area (Å²) in [6.07, 6.45) is 0. The molecule has 0 aliphatic carbocycles. The molecule has 0 aromatic heterocycles. The topological polar surface area (TPSA) is 97.3 Å². The number of carbonyl (C=O) groups excluding carboxylic acids is 1. The van der Waals surface area contributed by atoms with E-state index in [0.29, 0.717) is 0 Å². The average molecular weight is 230 g/mol. The summed E-state index contributed by atoms with van der Waals surface area (Å²) in [6, 6.07) is 0. The molecule has 12 heavy (non-hydrogen) atoms. The molecule has 0 heterocycles. The molecule has 1 atom stereocenters. The Balaban J connectivity index is -0.000000405. The molecule has 0 fully saturated rings. The second-order valence-corrected chi connectivity index (χ2v) is 4.98. The van der Waals surface area contributed by atoms with Crippen LogP contribution in [0.5, 0.6) is 0 Å². The fourth-order valence-corrected chi connectivity index (χ4v) is 1.94. The number of carbonyl (C=O) groups is 1. The summed E-state index contributed by atoms with van der Waals surface area (Å²) >= 11 is 0. The fraction of sp³-hybridized carbons (Fsp3) is 0.667. The number of hydrogen-bond donors (Lipinski definition) is 0. The van der Waals surface area contributed by atoms with Crippen LogP contribution in [0.15, 0.2) is 0 Å². The molecule has 0 saturated carbocycles. The Morgan fingerprint density at radius 1 is 1.42 bits per heavy atom. The van der Waals surface area contributed by atoms with E-state index in [2.05, 4.69) is 0 Å². The van der Waals surface area contributed by atoms with Gasteiger partial charge in [0, 0.05) is 0 Å². The Kier molecular flexibility index (Phi) is 13.0. The predicted octanol–water partition coefficient (Wildman–Crippen LogP) is -7.67. The molecule has 9 heteroatoms. The van der Waals surface area contributed by atoms with Crippen LogP contribution in [0.25, 0.3) is 0 Å². The van der Waals surface area contributed by atoms with Gasteiger partial charge in [0.15, 0.2) is 0 Å². The SMILES string of the molecule is CC(SS(=O)(=O)[O-])C(=O)[O-].[Na+].[Na+]. The van der Waals surface area contributed by atoms with Crippen LogP contribution in [0, 0.1) is 0 Å². The normalized spacial score (nSPS) is 12.2. The van der Waals surface area contributed by atoms with Crippen LogP contribution >= 0.6 is 10.8 Å². The van der Waals surface area contributed by atoms with Gasteiger partial charge in [0.1, 0.15) is 9.15 Å².